The summed E-state index contributed by atoms with van der Waals surface area (Å²) in [5.41, 5.74) is 0. The van der Waals surface area contributed by atoms with Crippen LogP contribution in [0, 0.1) is 5.92 Å². The summed E-state index contributed by atoms with van der Waals surface area (Å²) in [6, 6.07) is 0.316. The van der Waals surface area contributed by atoms with Crippen LogP contribution in [0.4, 0.5) is 0 Å². The zero-order valence-corrected chi connectivity index (χ0v) is 12.2. The molecule has 0 spiro atoms. The second kappa shape index (κ2) is 8.48. The summed E-state index contributed by atoms with van der Waals surface area (Å²) in [5.74, 6) is 0.377. The largest absolute Gasteiger partial charge is 0.355 e. The lowest BCUT2D eigenvalue weighted by Crippen LogP contribution is -2.47. The zero-order chi connectivity index (χ0) is 13.4. The maximum atomic E-state index is 12.1. The molecule has 0 aromatic rings. The number of rotatable bonds is 7. The van der Waals surface area contributed by atoms with E-state index in [-0.39, 0.29) is 11.8 Å². The van der Waals surface area contributed by atoms with Crippen LogP contribution in [0.25, 0.3) is 0 Å². The van der Waals surface area contributed by atoms with Crippen molar-refractivity contribution in [1.82, 2.24) is 15.5 Å². The van der Waals surface area contributed by atoms with Crippen molar-refractivity contribution in [2.75, 3.05) is 32.7 Å². The molecule has 2 N–H and O–H groups in total. The molecule has 1 aliphatic heterocycles. The minimum Gasteiger partial charge on any atom is -0.355 e. The third kappa shape index (κ3) is 4.94. The van der Waals surface area contributed by atoms with Gasteiger partial charge in [-0.2, -0.15) is 0 Å². The summed E-state index contributed by atoms with van der Waals surface area (Å²) < 4.78 is 0. The Morgan fingerprint density at radius 1 is 1.39 bits per heavy atom. The smallest absolute Gasteiger partial charge is 0.224 e. The van der Waals surface area contributed by atoms with Crippen LogP contribution >= 0.6 is 0 Å². The van der Waals surface area contributed by atoms with Gasteiger partial charge in [-0.25, -0.2) is 0 Å². The molecule has 4 heteroatoms. The van der Waals surface area contributed by atoms with E-state index in [0.29, 0.717) is 6.04 Å². The Labute approximate surface area is 111 Å². The second-order valence-electron chi connectivity index (χ2n) is 5.22. The molecular weight excluding hydrogens is 226 g/mol. The molecule has 0 aromatic heterocycles. The van der Waals surface area contributed by atoms with Crippen LogP contribution in [0.15, 0.2) is 0 Å². The number of likely N-dealkylation sites (N-methyl/N-ethyl adjacent to an activating group) is 1. The zero-order valence-electron chi connectivity index (χ0n) is 12.2. The Bertz CT molecular complexity index is 245. The van der Waals surface area contributed by atoms with E-state index in [2.05, 4.69) is 36.3 Å². The number of piperidine rings is 1. The standard InChI is InChI=1S/C14H29N3O/c1-4-10-17(5-2)11-9-16-14(18)13-7-6-8-15-12(13)3/h12-13,15H,4-11H2,1-3H3,(H,16,18). The van der Waals surface area contributed by atoms with Crippen molar-refractivity contribution in [3.8, 4) is 0 Å². The molecule has 0 saturated carbocycles. The Morgan fingerprint density at radius 2 is 2.17 bits per heavy atom. The molecule has 0 aromatic carbocycles. The van der Waals surface area contributed by atoms with Crippen LogP contribution in [0.1, 0.15) is 40.0 Å². The van der Waals surface area contributed by atoms with E-state index < -0.39 is 0 Å². The third-order valence-corrected chi connectivity index (χ3v) is 3.81. The second-order valence-corrected chi connectivity index (χ2v) is 5.22. The minimum atomic E-state index is 0.153. The first-order chi connectivity index (χ1) is 8.69. The van der Waals surface area contributed by atoms with Crippen molar-refractivity contribution in [3.05, 3.63) is 0 Å². The highest BCUT2D eigenvalue weighted by atomic mass is 16.1. The van der Waals surface area contributed by atoms with Gasteiger partial charge in [0, 0.05) is 19.1 Å². The Hall–Kier alpha value is -0.610. The number of hydrogen-bond donors (Lipinski definition) is 2. The molecule has 2 unspecified atom stereocenters. The van der Waals surface area contributed by atoms with Gasteiger partial charge in [-0.3, -0.25) is 4.79 Å². The lowest BCUT2D eigenvalue weighted by molar-refractivity contribution is -0.126. The number of amides is 1. The van der Waals surface area contributed by atoms with Gasteiger partial charge in [-0.15, -0.1) is 0 Å². The molecule has 1 aliphatic rings. The van der Waals surface area contributed by atoms with Crippen molar-refractivity contribution < 1.29 is 4.79 Å². The third-order valence-electron chi connectivity index (χ3n) is 3.81. The molecule has 106 valence electrons. The van der Waals surface area contributed by atoms with Gasteiger partial charge in [0.1, 0.15) is 0 Å². The van der Waals surface area contributed by atoms with Gasteiger partial charge >= 0.3 is 0 Å². The quantitative estimate of drug-likeness (QED) is 0.719. The predicted octanol–water partition coefficient (Wildman–Crippen LogP) is 1.22. The number of carbonyl (C=O) groups excluding carboxylic acids is 1. The molecular formula is C14H29N3O. The lowest BCUT2D eigenvalue weighted by Gasteiger charge is -2.29. The fourth-order valence-electron chi connectivity index (χ4n) is 2.61. The van der Waals surface area contributed by atoms with Crippen LogP contribution in [0.2, 0.25) is 0 Å². The highest BCUT2D eigenvalue weighted by Crippen LogP contribution is 2.15. The molecule has 1 rings (SSSR count). The number of hydrogen-bond acceptors (Lipinski definition) is 3. The molecule has 1 heterocycles. The van der Waals surface area contributed by atoms with E-state index in [0.717, 1.165) is 45.6 Å². The van der Waals surface area contributed by atoms with Crippen LogP contribution in [0.3, 0.4) is 0 Å². The molecule has 0 bridgehead atoms. The van der Waals surface area contributed by atoms with Crippen molar-refractivity contribution in [3.63, 3.8) is 0 Å². The molecule has 1 saturated heterocycles. The van der Waals surface area contributed by atoms with Gasteiger partial charge in [0.15, 0.2) is 0 Å². The number of carbonyl (C=O) groups is 1. The molecule has 1 amide bonds. The predicted molar refractivity (Wildman–Crippen MR) is 75.6 cm³/mol. The molecule has 0 radical (unpaired) electrons. The monoisotopic (exact) mass is 255 g/mol. The topological polar surface area (TPSA) is 44.4 Å². The van der Waals surface area contributed by atoms with Crippen molar-refractivity contribution in [2.45, 2.75) is 46.1 Å². The molecule has 4 nitrogen and oxygen atoms in total. The Kier molecular flexibility index (Phi) is 7.28. The summed E-state index contributed by atoms with van der Waals surface area (Å²) in [5, 5.41) is 6.46. The van der Waals surface area contributed by atoms with Crippen molar-refractivity contribution in [1.29, 1.82) is 0 Å². The molecule has 18 heavy (non-hydrogen) atoms. The van der Waals surface area contributed by atoms with Crippen molar-refractivity contribution >= 4 is 5.91 Å². The fourth-order valence-corrected chi connectivity index (χ4v) is 2.61. The van der Waals surface area contributed by atoms with Crippen LogP contribution < -0.4 is 10.6 Å². The number of nitrogens with one attached hydrogen (secondary N) is 2. The maximum absolute atomic E-state index is 12.1. The first-order valence-corrected chi connectivity index (χ1v) is 7.42. The molecule has 1 fully saturated rings. The summed E-state index contributed by atoms with van der Waals surface area (Å²) in [4.78, 5) is 14.4. The molecule has 0 aliphatic carbocycles. The van der Waals surface area contributed by atoms with E-state index in [9.17, 15) is 4.79 Å². The van der Waals surface area contributed by atoms with Gasteiger partial charge in [0.05, 0.1) is 5.92 Å². The van der Waals surface area contributed by atoms with E-state index >= 15 is 0 Å². The van der Waals surface area contributed by atoms with E-state index in [1.54, 1.807) is 0 Å². The van der Waals surface area contributed by atoms with Crippen LogP contribution in [0.5, 0.6) is 0 Å². The summed E-state index contributed by atoms with van der Waals surface area (Å²) in [6.45, 7) is 11.4. The Balaban J connectivity index is 2.23. The summed E-state index contributed by atoms with van der Waals surface area (Å²) in [7, 11) is 0. The van der Waals surface area contributed by atoms with E-state index in [1.807, 2.05) is 0 Å². The first-order valence-electron chi connectivity index (χ1n) is 7.42. The van der Waals surface area contributed by atoms with Gasteiger partial charge in [0.2, 0.25) is 5.91 Å². The van der Waals surface area contributed by atoms with Crippen molar-refractivity contribution in [2.24, 2.45) is 5.92 Å². The summed E-state index contributed by atoms with van der Waals surface area (Å²) >= 11 is 0. The minimum absolute atomic E-state index is 0.153. The average molecular weight is 255 g/mol. The van der Waals surface area contributed by atoms with Gasteiger partial charge in [-0.05, 0) is 45.8 Å². The van der Waals surface area contributed by atoms with Gasteiger partial charge in [0.25, 0.3) is 0 Å². The fraction of sp³-hybridized carbons (Fsp3) is 0.929. The maximum Gasteiger partial charge on any atom is 0.224 e. The molecule has 2 atom stereocenters. The Morgan fingerprint density at radius 3 is 2.78 bits per heavy atom. The number of nitrogens with zero attached hydrogens (tertiary/aromatic N) is 1. The summed E-state index contributed by atoms with van der Waals surface area (Å²) in [6.07, 6.45) is 3.30. The van der Waals surface area contributed by atoms with Gasteiger partial charge in [-0.1, -0.05) is 13.8 Å². The van der Waals surface area contributed by atoms with Crippen LogP contribution in [-0.4, -0.2) is 49.6 Å². The van der Waals surface area contributed by atoms with E-state index in [1.165, 1.54) is 6.42 Å². The lowest BCUT2D eigenvalue weighted by atomic mass is 9.91. The normalized spacial score (nSPS) is 24.2. The van der Waals surface area contributed by atoms with Gasteiger partial charge < -0.3 is 15.5 Å². The average Bonchev–Trinajstić information content (AvgIpc) is 2.38. The van der Waals surface area contributed by atoms with E-state index in [4.69, 9.17) is 0 Å². The van der Waals surface area contributed by atoms with Crippen LogP contribution in [-0.2, 0) is 4.79 Å². The first kappa shape index (κ1) is 15.4. The SMILES string of the molecule is CCCN(CC)CCNC(=O)C1CCCNC1C. The highest BCUT2D eigenvalue weighted by molar-refractivity contribution is 5.79. The highest BCUT2D eigenvalue weighted by Gasteiger charge is 2.26.